The van der Waals surface area contributed by atoms with E-state index in [-0.39, 0.29) is 85.4 Å². The molecule has 4 heavy (non-hydrogen) atoms. The minimum Gasteiger partial charge on any atom is 0 e. The predicted octanol–water partition coefficient (Wildman–Crippen LogP) is -1.31. The Morgan fingerprint density at radius 1 is 1.25 bits per heavy atom. The van der Waals surface area contributed by atoms with Crippen molar-refractivity contribution in [3.63, 3.8) is 0 Å². The standard InChI is InChI=1S/In.O.Pr.Zn.3H. The second kappa shape index (κ2) is 17.4. The molecule has 0 rings (SSSR count). The summed E-state index contributed by atoms with van der Waals surface area (Å²) in [6, 6.07) is 0. The summed E-state index contributed by atoms with van der Waals surface area (Å²) in [5.74, 6) is 0. The van der Waals surface area contributed by atoms with Gasteiger partial charge >= 0.3 is 47.7 Å². The molecule has 4 heteroatoms. The van der Waals surface area contributed by atoms with Gasteiger partial charge in [-0.1, -0.05) is 0 Å². The molecule has 0 aliphatic carbocycles. The number of hydrogen-bond acceptors (Lipinski definition) is 1. The van der Waals surface area contributed by atoms with Crippen LogP contribution in [0.5, 0.6) is 0 Å². The van der Waals surface area contributed by atoms with E-state index >= 15 is 0 Å². The molecule has 0 bridgehead atoms. The van der Waals surface area contributed by atoms with Crippen molar-refractivity contribution < 1.29 is 63.1 Å². The van der Waals surface area contributed by atoms with Crippen LogP contribution in [0.2, 0.25) is 0 Å². The van der Waals surface area contributed by atoms with Crippen LogP contribution in [0, 0.1) is 41.3 Å². The van der Waals surface area contributed by atoms with Crippen LogP contribution in [0.25, 0.3) is 0 Å². The Balaban J connectivity index is -0.00000000500. The molecule has 0 heterocycles. The summed E-state index contributed by atoms with van der Waals surface area (Å²) < 4.78 is 8.38. The molecule has 0 spiro atoms. The maximum Gasteiger partial charge on any atom is 0 e. The van der Waals surface area contributed by atoms with Crippen molar-refractivity contribution in [1.29, 1.82) is 0 Å². The van der Waals surface area contributed by atoms with Crippen molar-refractivity contribution in [1.82, 2.24) is 0 Å². The molecular weight excluding hydrogens is 337 g/mol. The third-order valence-electron chi connectivity index (χ3n) is 0. The summed E-state index contributed by atoms with van der Waals surface area (Å²) >= 11 is 0.125. The Hall–Kier alpha value is 2.66. The van der Waals surface area contributed by atoms with Crippen molar-refractivity contribution in [2.45, 2.75) is 0 Å². The van der Waals surface area contributed by atoms with E-state index in [1.54, 1.807) is 0 Å². The molecule has 0 saturated heterocycles. The van der Waals surface area contributed by atoms with Crippen LogP contribution < -0.4 is 0 Å². The molecule has 0 atom stereocenters. The molecule has 0 unspecified atom stereocenters. The maximum absolute atomic E-state index is 8.38. The molecule has 0 aliphatic rings. The topological polar surface area (TPSA) is 17.1 Å². The average molecular weight is 340 g/mol. The van der Waals surface area contributed by atoms with Crippen LogP contribution in [0.15, 0.2) is 0 Å². The summed E-state index contributed by atoms with van der Waals surface area (Å²) in [7, 11) is 0. The van der Waals surface area contributed by atoms with E-state index in [4.69, 9.17) is 3.57 Å². The number of rotatable bonds is 0. The summed E-state index contributed by atoms with van der Waals surface area (Å²) in [6.45, 7) is 0. The van der Waals surface area contributed by atoms with E-state index in [2.05, 4.69) is 0 Å². The molecular formula is H3InOPrZn. The SMILES string of the molecule is [InH3].[O]=[Zn].[Pr]. The van der Waals surface area contributed by atoms with Crippen LogP contribution in [-0.4, -0.2) is 25.8 Å². The first kappa shape index (κ1) is 15.9. The Labute approximate surface area is 87.0 Å². The molecule has 1 radical (unpaired) electrons. The normalized spacial score (nSPS) is 1.50. The van der Waals surface area contributed by atoms with Crippen LogP contribution >= 0.6 is 0 Å². The first-order valence-electron chi connectivity index (χ1n) is 0.289. The van der Waals surface area contributed by atoms with Gasteiger partial charge in [0.1, 0.15) is 0 Å². The Bertz CT molecular complexity index is 8.00. The van der Waals surface area contributed by atoms with Crippen molar-refractivity contribution in [3.05, 3.63) is 0 Å². The molecule has 17 valence electrons. The van der Waals surface area contributed by atoms with E-state index in [9.17, 15) is 0 Å². The van der Waals surface area contributed by atoms with Gasteiger partial charge in [0.15, 0.2) is 0 Å². The van der Waals surface area contributed by atoms with Gasteiger partial charge in [0.2, 0.25) is 0 Å². The van der Waals surface area contributed by atoms with Crippen LogP contribution in [0.4, 0.5) is 0 Å². The third-order valence-corrected chi connectivity index (χ3v) is 0. The second-order valence-electron chi connectivity index (χ2n) is 0. The second-order valence-corrected chi connectivity index (χ2v) is 0. The summed E-state index contributed by atoms with van der Waals surface area (Å²) in [6.07, 6.45) is 0. The van der Waals surface area contributed by atoms with Crippen LogP contribution in [0.1, 0.15) is 0 Å². The fraction of sp³-hybridized carbons (Fsp3) is 0. The first-order chi connectivity index (χ1) is 1.00. The van der Waals surface area contributed by atoms with E-state index in [0.29, 0.717) is 0 Å². The fourth-order valence-corrected chi connectivity index (χ4v) is 0. The van der Waals surface area contributed by atoms with E-state index < -0.39 is 0 Å². The molecule has 0 aliphatic heterocycles. The Kier molecular flexibility index (Phi) is 69.2. The van der Waals surface area contributed by atoms with E-state index in [0.717, 1.165) is 0 Å². The zero-order valence-electron chi connectivity index (χ0n) is 1.69. The number of hydrogen-bond donors (Lipinski definition) is 0. The molecule has 0 saturated carbocycles. The van der Waals surface area contributed by atoms with Gasteiger partial charge in [-0.3, -0.25) is 0 Å². The van der Waals surface area contributed by atoms with Crippen molar-refractivity contribution >= 4 is 25.8 Å². The summed E-state index contributed by atoms with van der Waals surface area (Å²) in [5, 5.41) is 0. The molecule has 1 nitrogen and oxygen atoms in total. The van der Waals surface area contributed by atoms with Crippen molar-refractivity contribution in [2.75, 3.05) is 0 Å². The minimum absolute atomic E-state index is 0. The molecule has 0 aromatic rings. The van der Waals surface area contributed by atoms with Gasteiger partial charge in [-0.2, -0.15) is 0 Å². The zero-order chi connectivity index (χ0) is 2.00. The van der Waals surface area contributed by atoms with Gasteiger partial charge in [0.25, 0.3) is 0 Å². The van der Waals surface area contributed by atoms with Gasteiger partial charge in [0.05, 0.1) is 0 Å². The molecule has 0 fully saturated rings. The zero-order valence-corrected chi connectivity index (χ0v) is 8.36. The van der Waals surface area contributed by atoms with E-state index in [1.165, 1.54) is 0 Å². The predicted molar refractivity (Wildman–Crippen MR) is 10.6 cm³/mol. The molecule has 0 aromatic carbocycles. The van der Waals surface area contributed by atoms with Gasteiger partial charge in [-0.15, -0.1) is 0 Å². The molecule has 0 aromatic heterocycles. The minimum atomic E-state index is 0. The van der Waals surface area contributed by atoms with Crippen molar-refractivity contribution in [3.8, 4) is 0 Å². The summed E-state index contributed by atoms with van der Waals surface area (Å²) in [5.41, 5.74) is 0. The summed E-state index contributed by atoms with van der Waals surface area (Å²) in [4.78, 5) is 0. The van der Waals surface area contributed by atoms with Gasteiger partial charge in [-0.25, -0.2) is 0 Å². The third kappa shape index (κ3) is 8.82. The Morgan fingerprint density at radius 2 is 1.25 bits per heavy atom. The van der Waals surface area contributed by atoms with Gasteiger partial charge < -0.3 is 0 Å². The van der Waals surface area contributed by atoms with Crippen molar-refractivity contribution in [2.24, 2.45) is 0 Å². The van der Waals surface area contributed by atoms with Gasteiger partial charge in [0, 0.05) is 41.3 Å². The van der Waals surface area contributed by atoms with Gasteiger partial charge in [-0.05, 0) is 0 Å². The fourth-order valence-electron chi connectivity index (χ4n) is 0. The van der Waals surface area contributed by atoms with Crippen LogP contribution in [-0.2, 0) is 21.8 Å². The molecule has 0 N–H and O–H groups in total. The Morgan fingerprint density at radius 3 is 1.25 bits per heavy atom. The van der Waals surface area contributed by atoms with E-state index in [1.807, 2.05) is 0 Å². The maximum atomic E-state index is 8.38. The quantitative estimate of drug-likeness (QED) is 0.501. The average Bonchev–Trinajstić information content (AvgIpc) is 1.00. The first-order valence-corrected chi connectivity index (χ1v) is 1.50. The van der Waals surface area contributed by atoms with Crippen LogP contribution in [0.3, 0.4) is 0 Å². The largest absolute Gasteiger partial charge is 0 e. The monoisotopic (exact) mass is 339 g/mol. The smallest absolute Gasteiger partial charge is 0 e. The molecule has 0 amide bonds.